The monoisotopic (exact) mass is 435 g/mol. The van der Waals surface area contributed by atoms with Gasteiger partial charge < -0.3 is 0 Å². The minimum absolute atomic E-state index is 0.478. The lowest BCUT2D eigenvalue weighted by Crippen LogP contribution is -2.46. The van der Waals surface area contributed by atoms with E-state index in [4.69, 9.17) is 0 Å². The fourth-order valence-electron chi connectivity index (χ4n) is 5.22. The van der Waals surface area contributed by atoms with Crippen molar-refractivity contribution in [1.82, 2.24) is 0 Å². The van der Waals surface area contributed by atoms with Gasteiger partial charge in [0.1, 0.15) is 8.80 Å². The zero-order valence-electron chi connectivity index (χ0n) is 20.6. The molecule has 0 amide bonds. The van der Waals surface area contributed by atoms with Gasteiger partial charge in [0.25, 0.3) is 0 Å². The van der Waals surface area contributed by atoms with Gasteiger partial charge in [-0.1, -0.05) is 105 Å². The van der Waals surface area contributed by atoms with Crippen molar-refractivity contribution in [3.05, 3.63) is 111 Å². The Morgan fingerprint density at radius 1 is 0.625 bits per heavy atom. The van der Waals surface area contributed by atoms with E-state index in [1.165, 1.54) is 45.0 Å². The molecule has 1 aliphatic carbocycles. The first-order valence-corrected chi connectivity index (χ1v) is 13.4. The van der Waals surface area contributed by atoms with E-state index in [-0.39, 0.29) is 0 Å². The number of hydrogen-bond donors (Lipinski definition) is 0. The Balaban J connectivity index is 1.87. The second-order valence-electron chi connectivity index (χ2n) is 9.58. The zero-order chi connectivity index (χ0) is 23.0. The largest absolute Gasteiger partial charge is 0.123 e. The Labute approximate surface area is 196 Å². The Kier molecular flexibility index (Phi) is 6.39. The smallest absolute Gasteiger partial charge is 0.0629 e. The molecule has 3 aromatic carbocycles. The topological polar surface area (TPSA) is 0 Å². The molecular weight excluding hydrogens is 400 g/mol. The molecule has 32 heavy (non-hydrogen) atoms. The summed E-state index contributed by atoms with van der Waals surface area (Å²) in [6.45, 7) is 16.1. The highest BCUT2D eigenvalue weighted by Gasteiger charge is 2.33. The molecule has 0 saturated heterocycles. The van der Waals surface area contributed by atoms with Crippen LogP contribution in [0.4, 0.5) is 0 Å². The van der Waals surface area contributed by atoms with Crippen molar-refractivity contribution in [2.24, 2.45) is 5.92 Å². The van der Waals surface area contributed by atoms with Crippen molar-refractivity contribution >= 4 is 24.7 Å². The standard InChI is InChI=1S/C31H35Si/c1-20-13-15-22(3)29(17-20)32(30-18-21(2)14-16-23(30)4)19-28-25(6)24(5)26(7)31(28)27-11-9-8-10-12-27/h8-18,28H,19H2,1-7H3. The van der Waals surface area contributed by atoms with Crippen LogP contribution in [0.25, 0.3) is 5.57 Å². The molecule has 4 rings (SSSR count). The summed E-state index contributed by atoms with van der Waals surface area (Å²) in [5, 5.41) is 3.15. The summed E-state index contributed by atoms with van der Waals surface area (Å²) >= 11 is 0. The number of hydrogen-bond acceptors (Lipinski definition) is 0. The first-order valence-electron chi connectivity index (χ1n) is 11.7. The highest BCUT2D eigenvalue weighted by Crippen LogP contribution is 2.45. The SMILES string of the molecule is CC1=C(C)C(C[Si](c2cc(C)ccc2C)c2cc(C)ccc2C)C(c2ccccc2)=C1C. The van der Waals surface area contributed by atoms with E-state index in [2.05, 4.69) is 115 Å². The van der Waals surface area contributed by atoms with E-state index in [0.717, 1.165) is 0 Å². The van der Waals surface area contributed by atoms with Crippen molar-refractivity contribution in [3.63, 3.8) is 0 Å². The molecule has 0 aromatic heterocycles. The van der Waals surface area contributed by atoms with Crippen molar-refractivity contribution in [1.29, 1.82) is 0 Å². The van der Waals surface area contributed by atoms with E-state index in [1.807, 2.05) is 0 Å². The van der Waals surface area contributed by atoms with E-state index in [0.29, 0.717) is 5.92 Å². The normalized spacial score (nSPS) is 16.4. The molecule has 0 fully saturated rings. The molecule has 0 spiro atoms. The summed E-state index contributed by atoms with van der Waals surface area (Å²) in [4.78, 5) is 0. The van der Waals surface area contributed by atoms with Crippen LogP contribution in [-0.2, 0) is 0 Å². The van der Waals surface area contributed by atoms with Crippen LogP contribution in [0.2, 0.25) is 6.04 Å². The van der Waals surface area contributed by atoms with Gasteiger partial charge in [-0.3, -0.25) is 0 Å². The van der Waals surface area contributed by atoms with Gasteiger partial charge in [0.15, 0.2) is 0 Å². The molecule has 0 bridgehead atoms. The molecule has 0 nitrogen and oxygen atoms in total. The van der Waals surface area contributed by atoms with Crippen molar-refractivity contribution in [2.45, 2.75) is 54.5 Å². The summed E-state index contributed by atoms with van der Waals surface area (Å²) in [5.74, 6) is 0.478. The molecule has 1 unspecified atom stereocenters. The minimum Gasteiger partial charge on any atom is -0.0629 e. The lowest BCUT2D eigenvalue weighted by Gasteiger charge is -2.27. The Bertz CT molecular complexity index is 1160. The van der Waals surface area contributed by atoms with E-state index in [9.17, 15) is 0 Å². The summed E-state index contributed by atoms with van der Waals surface area (Å²) in [6.07, 6.45) is 0. The van der Waals surface area contributed by atoms with Crippen LogP contribution in [0.1, 0.15) is 48.6 Å². The van der Waals surface area contributed by atoms with Crippen molar-refractivity contribution < 1.29 is 0 Å². The van der Waals surface area contributed by atoms with Gasteiger partial charge in [-0.15, -0.1) is 0 Å². The number of aryl methyl sites for hydroxylation is 4. The van der Waals surface area contributed by atoms with Gasteiger partial charge in [-0.05, 0) is 76.8 Å². The van der Waals surface area contributed by atoms with Crippen LogP contribution < -0.4 is 10.4 Å². The highest BCUT2D eigenvalue weighted by molar-refractivity contribution is 6.86. The molecule has 1 aliphatic rings. The lowest BCUT2D eigenvalue weighted by atomic mass is 9.91. The van der Waals surface area contributed by atoms with E-state index >= 15 is 0 Å². The third-order valence-corrected chi connectivity index (χ3v) is 10.6. The molecule has 0 aliphatic heterocycles. The second-order valence-corrected chi connectivity index (χ2v) is 12.0. The van der Waals surface area contributed by atoms with Crippen LogP contribution in [0, 0.1) is 33.6 Å². The quantitative estimate of drug-likeness (QED) is 0.380. The second kappa shape index (κ2) is 9.08. The average Bonchev–Trinajstić information content (AvgIpc) is 2.99. The van der Waals surface area contributed by atoms with Crippen molar-refractivity contribution in [3.8, 4) is 0 Å². The van der Waals surface area contributed by atoms with Gasteiger partial charge in [-0.2, -0.15) is 0 Å². The van der Waals surface area contributed by atoms with Crippen LogP contribution in [0.3, 0.4) is 0 Å². The Morgan fingerprint density at radius 2 is 1.16 bits per heavy atom. The Hall–Kier alpha value is -2.64. The fourth-order valence-corrected chi connectivity index (χ4v) is 8.79. The molecule has 1 heteroatoms. The summed E-state index contributed by atoms with van der Waals surface area (Å²) in [7, 11) is -0.974. The lowest BCUT2D eigenvalue weighted by molar-refractivity contribution is 0.884. The molecule has 1 radical (unpaired) electrons. The number of allylic oxidation sites excluding steroid dienone is 4. The van der Waals surface area contributed by atoms with Gasteiger partial charge >= 0.3 is 0 Å². The molecule has 0 N–H and O–H groups in total. The fraction of sp³-hybridized carbons (Fsp3) is 0.290. The summed E-state index contributed by atoms with van der Waals surface area (Å²) in [5.41, 5.74) is 13.0. The van der Waals surface area contributed by atoms with Gasteiger partial charge in [0, 0.05) is 5.92 Å². The molecular formula is C31H35Si. The molecule has 0 saturated carbocycles. The zero-order valence-corrected chi connectivity index (χ0v) is 21.6. The third-order valence-electron chi connectivity index (χ3n) is 7.36. The first kappa shape index (κ1) is 22.5. The highest BCUT2D eigenvalue weighted by atomic mass is 28.3. The van der Waals surface area contributed by atoms with Crippen LogP contribution in [0.5, 0.6) is 0 Å². The van der Waals surface area contributed by atoms with Crippen LogP contribution in [-0.4, -0.2) is 8.80 Å². The minimum atomic E-state index is -0.974. The van der Waals surface area contributed by atoms with Gasteiger partial charge in [-0.25, -0.2) is 0 Å². The first-order chi connectivity index (χ1) is 15.3. The van der Waals surface area contributed by atoms with Crippen LogP contribution >= 0.6 is 0 Å². The van der Waals surface area contributed by atoms with E-state index in [1.54, 1.807) is 21.5 Å². The number of benzene rings is 3. The number of rotatable bonds is 5. The average molecular weight is 436 g/mol. The Morgan fingerprint density at radius 3 is 1.69 bits per heavy atom. The van der Waals surface area contributed by atoms with Gasteiger partial charge in [0.2, 0.25) is 0 Å². The molecule has 163 valence electrons. The van der Waals surface area contributed by atoms with Crippen molar-refractivity contribution in [2.75, 3.05) is 0 Å². The predicted octanol–water partition coefficient (Wildman–Crippen LogP) is 6.97. The van der Waals surface area contributed by atoms with Gasteiger partial charge in [0.05, 0.1) is 0 Å². The molecule has 3 aromatic rings. The third kappa shape index (κ3) is 4.19. The van der Waals surface area contributed by atoms with Crippen LogP contribution in [0.15, 0.2) is 83.4 Å². The molecule has 0 heterocycles. The molecule has 1 atom stereocenters. The maximum Gasteiger partial charge on any atom is 0.123 e. The summed E-state index contributed by atoms with van der Waals surface area (Å²) < 4.78 is 0. The maximum atomic E-state index is 2.46. The van der Waals surface area contributed by atoms with E-state index < -0.39 is 8.80 Å². The predicted molar refractivity (Wildman–Crippen MR) is 143 cm³/mol. The summed E-state index contributed by atoms with van der Waals surface area (Å²) in [6, 6.07) is 26.3. The maximum absolute atomic E-state index is 2.46.